The molecule has 0 aliphatic heterocycles. The summed E-state index contributed by atoms with van der Waals surface area (Å²) in [5, 5.41) is 0. The summed E-state index contributed by atoms with van der Waals surface area (Å²) in [4.78, 5) is 0. The van der Waals surface area contributed by atoms with Gasteiger partial charge in [0.2, 0.25) is 0 Å². The van der Waals surface area contributed by atoms with Gasteiger partial charge in [0.25, 0.3) is 0 Å². The Morgan fingerprint density at radius 3 is 1.60 bits per heavy atom. The van der Waals surface area contributed by atoms with E-state index < -0.39 is 0 Å². The number of unbranched alkanes of at least 4 members (excludes halogenated alkanes) is 9. The summed E-state index contributed by atoms with van der Waals surface area (Å²) in [6, 6.07) is 25.8. The normalized spacial score (nSPS) is 12.0. The average molecular weight is 473 g/mol. The molecule has 3 aromatic carbocycles. The lowest BCUT2D eigenvalue weighted by atomic mass is 9.94. The van der Waals surface area contributed by atoms with Gasteiger partial charge in [0.15, 0.2) is 0 Å². The highest BCUT2D eigenvalue weighted by Gasteiger charge is 2.09. The summed E-state index contributed by atoms with van der Waals surface area (Å²) >= 11 is 0. The lowest BCUT2D eigenvalue weighted by Gasteiger charge is -2.13. The molecule has 0 amide bonds. The Kier molecular flexibility index (Phi) is 11.9. The molecule has 0 aliphatic rings. The van der Waals surface area contributed by atoms with E-state index in [1.54, 1.807) is 7.11 Å². The fraction of sp³-hybridized carbons (Fsp3) is 0.455. The van der Waals surface area contributed by atoms with E-state index in [9.17, 15) is 0 Å². The van der Waals surface area contributed by atoms with E-state index >= 15 is 0 Å². The molecule has 3 rings (SSSR count). The Balaban J connectivity index is 1.46. The number of methoxy groups -OCH3 is 1. The predicted octanol–water partition coefficient (Wildman–Crippen LogP) is 10.0. The summed E-state index contributed by atoms with van der Waals surface area (Å²) in [5.74, 6) is 0.958. The van der Waals surface area contributed by atoms with Crippen molar-refractivity contribution in [3.8, 4) is 28.0 Å². The second kappa shape index (κ2) is 15.4. The van der Waals surface area contributed by atoms with Gasteiger partial charge in [-0.2, -0.15) is 0 Å². The van der Waals surface area contributed by atoms with Crippen molar-refractivity contribution in [1.82, 2.24) is 0 Å². The summed E-state index contributed by atoms with van der Waals surface area (Å²) in [6.07, 6.45) is 13.6. The molecular weight excluding hydrogens is 428 g/mol. The lowest BCUT2D eigenvalue weighted by molar-refractivity contribution is 0.119. The van der Waals surface area contributed by atoms with E-state index in [0.29, 0.717) is 0 Å². The van der Waals surface area contributed by atoms with Crippen LogP contribution in [-0.2, 0) is 4.74 Å². The van der Waals surface area contributed by atoms with Crippen LogP contribution in [-0.4, -0.2) is 13.7 Å². The third-order valence-electron chi connectivity index (χ3n) is 6.90. The third-order valence-corrected chi connectivity index (χ3v) is 6.90. The van der Waals surface area contributed by atoms with Crippen molar-refractivity contribution in [2.75, 3.05) is 13.7 Å². The Morgan fingerprint density at radius 1 is 0.600 bits per heavy atom. The molecule has 1 unspecified atom stereocenters. The van der Waals surface area contributed by atoms with E-state index in [1.165, 1.54) is 85.6 Å². The highest BCUT2D eigenvalue weighted by molar-refractivity contribution is 5.83. The van der Waals surface area contributed by atoms with E-state index in [1.807, 2.05) is 0 Å². The molecule has 0 N–H and O–H groups in total. The zero-order chi connectivity index (χ0) is 24.7. The van der Waals surface area contributed by atoms with Crippen LogP contribution in [0.25, 0.3) is 22.3 Å². The minimum atomic E-state index is 0.104. The maximum absolute atomic E-state index is 6.02. The fourth-order valence-corrected chi connectivity index (χ4v) is 4.57. The first kappa shape index (κ1) is 27.0. The van der Waals surface area contributed by atoms with Gasteiger partial charge >= 0.3 is 0 Å². The van der Waals surface area contributed by atoms with Crippen molar-refractivity contribution in [2.45, 2.75) is 84.2 Å². The molecule has 2 heteroatoms. The summed E-state index contributed by atoms with van der Waals surface area (Å²) < 4.78 is 11.5. The van der Waals surface area contributed by atoms with Gasteiger partial charge in [-0.25, -0.2) is 0 Å². The summed E-state index contributed by atoms with van der Waals surface area (Å²) in [7, 11) is 1.75. The predicted molar refractivity (Wildman–Crippen MR) is 150 cm³/mol. The molecule has 0 aliphatic carbocycles. The highest BCUT2D eigenvalue weighted by atomic mass is 16.5. The molecule has 0 saturated heterocycles. The second-order valence-corrected chi connectivity index (χ2v) is 9.60. The van der Waals surface area contributed by atoms with Gasteiger partial charge in [0.1, 0.15) is 5.75 Å². The molecule has 1 atom stereocenters. The van der Waals surface area contributed by atoms with Crippen molar-refractivity contribution >= 4 is 0 Å². The van der Waals surface area contributed by atoms with Crippen LogP contribution < -0.4 is 4.74 Å². The Labute approximate surface area is 213 Å². The molecule has 0 heterocycles. The van der Waals surface area contributed by atoms with E-state index in [-0.39, 0.29) is 6.10 Å². The van der Waals surface area contributed by atoms with Crippen LogP contribution in [0, 0.1) is 0 Å². The third kappa shape index (κ3) is 8.85. The van der Waals surface area contributed by atoms with Gasteiger partial charge < -0.3 is 9.47 Å². The summed E-state index contributed by atoms with van der Waals surface area (Å²) in [5.41, 5.74) is 6.09. The number of ether oxygens (including phenoxy) is 2. The van der Waals surface area contributed by atoms with Crippen molar-refractivity contribution in [3.63, 3.8) is 0 Å². The molecule has 188 valence electrons. The molecule has 3 aromatic rings. The number of benzene rings is 3. The topological polar surface area (TPSA) is 18.5 Å². The molecule has 2 nitrogen and oxygen atoms in total. The maximum atomic E-state index is 6.02. The van der Waals surface area contributed by atoms with Crippen molar-refractivity contribution in [1.29, 1.82) is 0 Å². The number of rotatable bonds is 16. The molecule has 0 radical (unpaired) electrons. The number of hydrogen-bond donors (Lipinski definition) is 0. The average Bonchev–Trinajstić information content (AvgIpc) is 2.92. The lowest BCUT2D eigenvalue weighted by Crippen LogP contribution is -1.97. The van der Waals surface area contributed by atoms with Crippen LogP contribution >= 0.6 is 0 Å². The first-order valence-corrected chi connectivity index (χ1v) is 13.7. The van der Waals surface area contributed by atoms with Gasteiger partial charge in [-0.05, 0) is 53.3 Å². The standard InChI is InChI=1S/C33H44O2/c1-4-5-6-7-8-9-10-11-12-15-26-35-31-24-22-30(23-25-31)33-17-14-13-16-32(33)29-20-18-28(19-21-29)27(2)34-3/h13-14,16-25,27H,4-12,15,26H2,1-3H3. The molecule has 0 saturated carbocycles. The van der Waals surface area contributed by atoms with Gasteiger partial charge in [-0.3, -0.25) is 0 Å². The molecule has 0 spiro atoms. The minimum Gasteiger partial charge on any atom is -0.494 e. The van der Waals surface area contributed by atoms with Crippen LogP contribution in [0.4, 0.5) is 0 Å². The first-order valence-electron chi connectivity index (χ1n) is 13.7. The number of hydrogen-bond acceptors (Lipinski definition) is 2. The Bertz CT molecular complexity index is 959. The zero-order valence-corrected chi connectivity index (χ0v) is 22.1. The molecular formula is C33H44O2. The molecule has 0 aromatic heterocycles. The maximum Gasteiger partial charge on any atom is 0.119 e. The van der Waals surface area contributed by atoms with Crippen LogP contribution in [0.15, 0.2) is 72.8 Å². The van der Waals surface area contributed by atoms with E-state index in [2.05, 4.69) is 86.6 Å². The van der Waals surface area contributed by atoms with Crippen molar-refractivity contribution in [2.24, 2.45) is 0 Å². The van der Waals surface area contributed by atoms with Gasteiger partial charge in [-0.1, -0.05) is 125 Å². The van der Waals surface area contributed by atoms with E-state index in [0.717, 1.165) is 18.8 Å². The Hall–Kier alpha value is -2.58. The first-order chi connectivity index (χ1) is 17.2. The van der Waals surface area contributed by atoms with Crippen LogP contribution in [0.1, 0.15) is 89.7 Å². The van der Waals surface area contributed by atoms with Gasteiger partial charge in [0, 0.05) is 7.11 Å². The zero-order valence-electron chi connectivity index (χ0n) is 22.1. The van der Waals surface area contributed by atoms with Gasteiger partial charge in [0.05, 0.1) is 12.7 Å². The smallest absolute Gasteiger partial charge is 0.119 e. The quantitative estimate of drug-likeness (QED) is 0.193. The monoisotopic (exact) mass is 472 g/mol. The van der Waals surface area contributed by atoms with Crippen LogP contribution in [0.3, 0.4) is 0 Å². The molecule has 35 heavy (non-hydrogen) atoms. The Morgan fingerprint density at radius 2 is 1.09 bits per heavy atom. The molecule has 0 bridgehead atoms. The second-order valence-electron chi connectivity index (χ2n) is 9.60. The minimum absolute atomic E-state index is 0.104. The molecule has 0 fully saturated rings. The van der Waals surface area contributed by atoms with Crippen LogP contribution in [0.2, 0.25) is 0 Å². The van der Waals surface area contributed by atoms with Crippen LogP contribution in [0.5, 0.6) is 5.75 Å². The SMILES string of the molecule is CCCCCCCCCCCCOc1ccc(-c2ccccc2-c2ccc(C(C)OC)cc2)cc1. The van der Waals surface area contributed by atoms with E-state index in [4.69, 9.17) is 9.47 Å². The summed E-state index contributed by atoms with van der Waals surface area (Å²) in [6.45, 7) is 5.16. The van der Waals surface area contributed by atoms with Gasteiger partial charge in [-0.15, -0.1) is 0 Å². The van der Waals surface area contributed by atoms with Crippen molar-refractivity contribution < 1.29 is 9.47 Å². The largest absolute Gasteiger partial charge is 0.494 e. The van der Waals surface area contributed by atoms with Crippen molar-refractivity contribution in [3.05, 3.63) is 78.4 Å². The highest BCUT2D eigenvalue weighted by Crippen LogP contribution is 2.33. The fourth-order valence-electron chi connectivity index (χ4n) is 4.57.